The summed E-state index contributed by atoms with van der Waals surface area (Å²) in [6.07, 6.45) is 0.648. The summed E-state index contributed by atoms with van der Waals surface area (Å²) in [6, 6.07) is 8.67. The van der Waals surface area contributed by atoms with Crippen molar-refractivity contribution >= 4 is 18.2 Å². The first-order valence-electron chi connectivity index (χ1n) is 6.49. The van der Waals surface area contributed by atoms with Gasteiger partial charge in [0.25, 0.3) is 0 Å². The van der Waals surface area contributed by atoms with E-state index in [1.165, 1.54) is 50.6 Å². The summed E-state index contributed by atoms with van der Waals surface area (Å²) in [6.45, 7) is 0. The number of hydrogen-bond acceptors (Lipinski definition) is 7. The lowest BCUT2D eigenvalue weighted by Crippen LogP contribution is -2.14. The van der Waals surface area contributed by atoms with Crippen LogP contribution in [0.2, 0.25) is 0 Å². The average Bonchev–Trinajstić information content (AvgIpc) is 2.61. The number of methoxy groups -OCH3 is 2. The van der Waals surface area contributed by atoms with E-state index >= 15 is 0 Å². The van der Waals surface area contributed by atoms with Gasteiger partial charge in [0.05, 0.1) is 14.2 Å². The van der Waals surface area contributed by atoms with Crippen molar-refractivity contribution in [3.8, 4) is 11.5 Å². The van der Waals surface area contributed by atoms with E-state index < -0.39 is 11.9 Å². The molecule has 1 heterocycles. The lowest BCUT2D eigenvalue weighted by atomic mass is 10.2. The van der Waals surface area contributed by atoms with Crippen LogP contribution in [0.5, 0.6) is 11.5 Å². The molecule has 1 aromatic heterocycles. The molecular weight excluding hydrogens is 302 g/mol. The first-order chi connectivity index (χ1) is 11.1. The van der Waals surface area contributed by atoms with Crippen molar-refractivity contribution in [2.45, 2.75) is 0 Å². The molecule has 0 aliphatic carbocycles. The van der Waals surface area contributed by atoms with Crippen LogP contribution in [0.1, 0.15) is 31.3 Å². The van der Waals surface area contributed by atoms with Crippen LogP contribution in [-0.2, 0) is 4.74 Å². The van der Waals surface area contributed by atoms with E-state index in [4.69, 9.17) is 9.47 Å². The molecule has 118 valence electrons. The van der Waals surface area contributed by atoms with Crippen LogP contribution in [-0.4, -0.2) is 37.4 Å². The van der Waals surface area contributed by atoms with Gasteiger partial charge in [0.1, 0.15) is 17.7 Å². The van der Waals surface area contributed by atoms with Gasteiger partial charge < -0.3 is 14.2 Å². The summed E-state index contributed by atoms with van der Waals surface area (Å²) in [5.41, 5.74) is 0.312. The van der Waals surface area contributed by atoms with Crippen molar-refractivity contribution < 1.29 is 28.6 Å². The summed E-state index contributed by atoms with van der Waals surface area (Å²) >= 11 is 0. The third-order valence-electron chi connectivity index (χ3n) is 2.88. The van der Waals surface area contributed by atoms with Gasteiger partial charge in [-0.25, -0.2) is 14.6 Å². The Morgan fingerprint density at radius 1 is 1.00 bits per heavy atom. The highest BCUT2D eigenvalue weighted by Crippen LogP contribution is 2.28. The highest BCUT2D eigenvalue weighted by molar-refractivity contribution is 5.92. The maximum Gasteiger partial charge on any atom is 0.362 e. The number of aldehydes is 1. The Bertz CT molecular complexity index is 756. The van der Waals surface area contributed by atoms with Gasteiger partial charge in [-0.1, -0.05) is 6.07 Å². The number of esters is 2. The summed E-state index contributed by atoms with van der Waals surface area (Å²) < 4.78 is 14.8. The Morgan fingerprint density at radius 2 is 1.70 bits per heavy atom. The molecule has 0 unspecified atom stereocenters. The van der Waals surface area contributed by atoms with E-state index in [9.17, 15) is 14.4 Å². The monoisotopic (exact) mass is 315 g/mol. The SMILES string of the molecule is COC(=O)c1cccc(C(=O)Oc2ccc(C=O)cc2OC)n1. The van der Waals surface area contributed by atoms with Crippen LogP contribution in [0.15, 0.2) is 36.4 Å². The van der Waals surface area contributed by atoms with Gasteiger partial charge >= 0.3 is 11.9 Å². The normalized spacial score (nSPS) is 9.83. The topological polar surface area (TPSA) is 91.8 Å². The molecule has 0 radical (unpaired) electrons. The fourth-order valence-electron chi connectivity index (χ4n) is 1.76. The first-order valence-corrected chi connectivity index (χ1v) is 6.49. The van der Waals surface area contributed by atoms with Crippen LogP contribution in [0.25, 0.3) is 0 Å². The highest BCUT2D eigenvalue weighted by atomic mass is 16.6. The molecule has 0 spiro atoms. The van der Waals surface area contributed by atoms with Gasteiger partial charge in [-0.15, -0.1) is 0 Å². The molecule has 2 rings (SSSR count). The molecule has 0 fully saturated rings. The van der Waals surface area contributed by atoms with E-state index in [2.05, 4.69) is 9.72 Å². The van der Waals surface area contributed by atoms with Crippen molar-refractivity contribution in [2.75, 3.05) is 14.2 Å². The molecule has 0 saturated carbocycles. The van der Waals surface area contributed by atoms with E-state index in [1.807, 2.05) is 0 Å². The third kappa shape index (κ3) is 3.70. The summed E-state index contributed by atoms with van der Waals surface area (Å²) in [5.74, 6) is -1.07. The van der Waals surface area contributed by atoms with Crippen LogP contribution in [0.4, 0.5) is 0 Å². The molecule has 0 bridgehead atoms. The van der Waals surface area contributed by atoms with Crippen LogP contribution in [0, 0.1) is 0 Å². The largest absolute Gasteiger partial charge is 0.493 e. The molecule has 2 aromatic rings. The number of nitrogens with zero attached hydrogens (tertiary/aromatic N) is 1. The van der Waals surface area contributed by atoms with Gasteiger partial charge in [0, 0.05) is 5.56 Å². The zero-order valence-corrected chi connectivity index (χ0v) is 12.4. The highest BCUT2D eigenvalue weighted by Gasteiger charge is 2.16. The minimum Gasteiger partial charge on any atom is -0.493 e. The molecule has 0 atom stereocenters. The molecule has 0 saturated heterocycles. The van der Waals surface area contributed by atoms with Crippen LogP contribution >= 0.6 is 0 Å². The third-order valence-corrected chi connectivity index (χ3v) is 2.88. The average molecular weight is 315 g/mol. The predicted molar refractivity (Wildman–Crippen MR) is 78.9 cm³/mol. The Morgan fingerprint density at radius 3 is 2.30 bits per heavy atom. The van der Waals surface area contributed by atoms with Gasteiger partial charge in [-0.2, -0.15) is 0 Å². The predicted octanol–water partition coefficient (Wildman–Crippen LogP) is 1.91. The Labute approximate surface area is 131 Å². The maximum atomic E-state index is 12.1. The second-order valence-corrected chi connectivity index (χ2v) is 4.32. The van der Waals surface area contributed by atoms with Crippen molar-refractivity contribution in [1.29, 1.82) is 0 Å². The Kier molecular flexibility index (Phi) is 5.03. The number of carbonyl (C=O) groups excluding carboxylic acids is 3. The summed E-state index contributed by atoms with van der Waals surface area (Å²) in [4.78, 5) is 38.2. The smallest absolute Gasteiger partial charge is 0.362 e. The summed E-state index contributed by atoms with van der Waals surface area (Å²) in [5, 5.41) is 0. The lowest BCUT2D eigenvalue weighted by Gasteiger charge is -2.09. The number of ether oxygens (including phenoxy) is 3. The molecule has 23 heavy (non-hydrogen) atoms. The molecule has 0 aliphatic heterocycles. The molecular formula is C16H13NO6. The van der Waals surface area contributed by atoms with Gasteiger partial charge in [-0.05, 0) is 30.3 Å². The minimum atomic E-state index is -0.770. The molecule has 7 heteroatoms. The fourth-order valence-corrected chi connectivity index (χ4v) is 1.76. The molecule has 1 aromatic carbocycles. The number of aromatic nitrogens is 1. The van der Waals surface area contributed by atoms with Crippen LogP contribution in [0.3, 0.4) is 0 Å². The molecule has 0 aliphatic rings. The minimum absolute atomic E-state index is 0.00906. The van der Waals surface area contributed by atoms with Crippen molar-refractivity contribution in [3.05, 3.63) is 53.3 Å². The van der Waals surface area contributed by atoms with Crippen molar-refractivity contribution in [1.82, 2.24) is 4.98 Å². The maximum absolute atomic E-state index is 12.1. The summed E-state index contributed by atoms with van der Waals surface area (Å²) in [7, 11) is 2.60. The van der Waals surface area contributed by atoms with Gasteiger partial charge in [0.2, 0.25) is 0 Å². The lowest BCUT2D eigenvalue weighted by molar-refractivity contribution is 0.0593. The number of rotatable bonds is 5. The molecule has 0 amide bonds. The van der Waals surface area contributed by atoms with Gasteiger partial charge in [-0.3, -0.25) is 4.79 Å². The van der Waals surface area contributed by atoms with Crippen LogP contribution < -0.4 is 9.47 Å². The standard InChI is InChI=1S/C16H13NO6/c1-21-14-8-10(9-18)6-7-13(14)23-16(20)12-5-3-4-11(17-12)15(19)22-2/h3-9H,1-2H3. The number of carbonyl (C=O) groups is 3. The van der Waals surface area contributed by atoms with E-state index in [1.54, 1.807) is 0 Å². The Balaban J connectivity index is 2.25. The quantitative estimate of drug-likeness (QED) is 0.473. The van der Waals surface area contributed by atoms with E-state index in [0.717, 1.165) is 0 Å². The zero-order chi connectivity index (χ0) is 16.8. The number of pyridine rings is 1. The van der Waals surface area contributed by atoms with E-state index in [-0.39, 0.29) is 22.9 Å². The second-order valence-electron chi connectivity index (χ2n) is 4.32. The zero-order valence-electron chi connectivity index (χ0n) is 12.4. The first kappa shape index (κ1) is 16.2. The second kappa shape index (κ2) is 7.17. The number of benzene rings is 1. The molecule has 7 nitrogen and oxygen atoms in total. The number of hydrogen-bond donors (Lipinski definition) is 0. The fraction of sp³-hybridized carbons (Fsp3) is 0.125. The van der Waals surface area contributed by atoms with Gasteiger partial charge in [0.15, 0.2) is 11.5 Å². The Hall–Kier alpha value is -3.22. The molecule has 0 N–H and O–H groups in total. The van der Waals surface area contributed by atoms with Crippen molar-refractivity contribution in [3.63, 3.8) is 0 Å². The van der Waals surface area contributed by atoms with Crippen molar-refractivity contribution in [2.24, 2.45) is 0 Å². The van der Waals surface area contributed by atoms with E-state index in [0.29, 0.717) is 11.8 Å².